The Bertz CT molecular complexity index is 927. The third-order valence-electron chi connectivity index (χ3n) is 5.67. The molecule has 0 bridgehead atoms. The molecular weight excluding hydrogens is 350 g/mol. The van der Waals surface area contributed by atoms with Gasteiger partial charge in [0.15, 0.2) is 5.84 Å². The van der Waals surface area contributed by atoms with Gasteiger partial charge in [-0.3, -0.25) is 9.69 Å². The number of oxime groups is 1. The lowest BCUT2D eigenvalue weighted by molar-refractivity contribution is -0.131. The van der Waals surface area contributed by atoms with E-state index in [1.807, 2.05) is 55.6 Å². The fourth-order valence-corrected chi connectivity index (χ4v) is 4.55. The molecule has 2 aliphatic heterocycles. The first-order chi connectivity index (χ1) is 12.6. The van der Waals surface area contributed by atoms with E-state index in [9.17, 15) is 4.79 Å². The van der Waals surface area contributed by atoms with E-state index in [4.69, 9.17) is 16.4 Å². The summed E-state index contributed by atoms with van der Waals surface area (Å²) in [5, 5.41) is 5.12. The summed E-state index contributed by atoms with van der Waals surface area (Å²) in [6.07, 6.45) is 2.51. The predicted octanol–water partition coefficient (Wildman–Crippen LogP) is 4.01. The molecule has 2 heterocycles. The molecule has 1 amide bonds. The number of hydrogen-bond acceptors (Lipinski definition) is 4. The van der Waals surface area contributed by atoms with Crippen LogP contribution in [0.3, 0.4) is 0 Å². The number of rotatable bonds is 1. The van der Waals surface area contributed by atoms with Gasteiger partial charge in [0.1, 0.15) is 5.92 Å². The number of anilines is 2. The summed E-state index contributed by atoms with van der Waals surface area (Å²) in [5.41, 5.74) is 1.99. The van der Waals surface area contributed by atoms with E-state index in [0.717, 1.165) is 42.0 Å². The summed E-state index contributed by atoms with van der Waals surface area (Å²) in [5.74, 6) is 0.572. The quantitative estimate of drug-likeness (QED) is 0.765. The molecule has 5 nitrogen and oxygen atoms in total. The molecule has 5 rings (SSSR count). The van der Waals surface area contributed by atoms with Gasteiger partial charge < -0.3 is 9.74 Å². The Morgan fingerprint density at radius 2 is 1.88 bits per heavy atom. The van der Waals surface area contributed by atoms with Gasteiger partial charge >= 0.3 is 0 Å². The number of carbonyl (C=O) groups excluding carboxylic acids is 1. The number of benzene rings is 2. The van der Waals surface area contributed by atoms with Crippen molar-refractivity contribution in [2.24, 2.45) is 11.1 Å². The third-order valence-corrected chi connectivity index (χ3v) is 5.92. The fraction of sp³-hybridized carbons (Fsp3) is 0.300. The topological polar surface area (TPSA) is 45.1 Å². The summed E-state index contributed by atoms with van der Waals surface area (Å²) in [6.45, 7) is 0. The van der Waals surface area contributed by atoms with Gasteiger partial charge in [-0.1, -0.05) is 28.9 Å². The Morgan fingerprint density at radius 1 is 1.15 bits per heavy atom. The normalized spacial score (nSPS) is 26.6. The molecule has 2 aromatic rings. The van der Waals surface area contributed by atoms with Gasteiger partial charge in [0, 0.05) is 24.1 Å². The molecule has 26 heavy (non-hydrogen) atoms. The van der Waals surface area contributed by atoms with Gasteiger partial charge in [-0.15, -0.1) is 0 Å². The molecule has 3 aliphatic rings. The van der Waals surface area contributed by atoms with E-state index < -0.39 is 5.72 Å². The lowest BCUT2D eigenvalue weighted by Gasteiger charge is -2.36. The average molecular weight is 368 g/mol. The van der Waals surface area contributed by atoms with E-state index in [-0.39, 0.29) is 11.8 Å². The van der Waals surface area contributed by atoms with Gasteiger partial charge in [-0.05, 0) is 49.2 Å². The van der Waals surface area contributed by atoms with Crippen LogP contribution in [0.15, 0.2) is 53.7 Å². The average Bonchev–Trinajstić information content (AvgIpc) is 3.24. The molecule has 0 aromatic heterocycles. The molecule has 2 aromatic carbocycles. The van der Waals surface area contributed by atoms with Gasteiger partial charge in [-0.2, -0.15) is 0 Å². The zero-order valence-electron chi connectivity index (χ0n) is 14.4. The summed E-state index contributed by atoms with van der Waals surface area (Å²) < 4.78 is 0. The molecule has 0 N–H and O–H groups in total. The Morgan fingerprint density at radius 3 is 2.65 bits per heavy atom. The second-order valence-electron chi connectivity index (χ2n) is 7.02. The van der Waals surface area contributed by atoms with Crippen molar-refractivity contribution in [1.29, 1.82) is 0 Å². The first kappa shape index (κ1) is 15.7. The van der Waals surface area contributed by atoms with E-state index in [2.05, 4.69) is 10.1 Å². The Balaban J connectivity index is 1.73. The van der Waals surface area contributed by atoms with Crippen molar-refractivity contribution >= 4 is 34.7 Å². The van der Waals surface area contributed by atoms with E-state index >= 15 is 0 Å². The number of carbonyl (C=O) groups is 1. The second kappa shape index (κ2) is 5.48. The second-order valence-corrected chi connectivity index (χ2v) is 7.46. The summed E-state index contributed by atoms with van der Waals surface area (Å²) in [6, 6.07) is 15.5. The monoisotopic (exact) mass is 367 g/mol. The largest absolute Gasteiger partial charge is 0.364 e. The smallest absolute Gasteiger partial charge is 0.236 e. The minimum absolute atomic E-state index is 0.0880. The van der Waals surface area contributed by atoms with Crippen LogP contribution in [0.4, 0.5) is 11.4 Å². The van der Waals surface area contributed by atoms with Crippen LogP contribution >= 0.6 is 11.6 Å². The van der Waals surface area contributed by atoms with Crippen LogP contribution in [0.25, 0.3) is 0 Å². The minimum Gasteiger partial charge on any atom is -0.364 e. The Labute approximate surface area is 156 Å². The van der Waals surface area contributed by atoms with Crippen molar-refractivity contribution in [3.05, 3.63) is 59.1 Å². The summed E-state index contributed by atoms with van der Waals surface area (Å²) in [4.78, 5) is 23.1. The Hall–Kier alpha value is -2.53. The van der Waals surface area contributed by atoms with Crippen molar-refractivity contribution < 1.29 is 9.63 Å². The zero-order chi connectivity index (χ0) is 17.9. The van der Waals surface area contributed by atoms with Crippen LogP contribution in [0.2, 0.25) is 5.02 Å². The van der Waals surface area contributed by atoms with Crippen molar-refractivity contribution in [1.82, 2.24) is 0 Å². The molecular formula is C20H18ClN3O2. The van der Waals surface area contributed by atoms with Crippen LogP contribution in [-0.4, -0.2) is 24.5 Å². The molecule has 2 unspecified atom stereocenters. The minimum atomic E-state index is -0.743. The van der Waals surface area contributed by atoms with E-state index in [1.165, 1.54) is 0 Å². The number of para-hydroxylation sites is 2. The molecule has 0 radical (unpaired) electrons. The number of fused-ring (bicyclic) bond motifs is 2. The number of amidine groups is 1. The van der Waals surface area contributed by atoms with Crippen molar-refractivity contribution in [3.63, 3.8) is 0 Å². The van der Waals surface area contributed by atoms with Gasteiger partial charge in [-0.25, -0.2) is 0 Å². The summed E-state index contributed by atoms with van der Waals surface area (Å²) >= 11 is 6.05. The maximum atomic E-state index is 13.2. The lowest BCUT2D eigenvalue weighted by atomic mass is 9.96. The van der Waals surface area contributed by atoms with Crippen molar-refractivity contribution in [3.8, 4) is 0 Å². The predicted molar refractivity (Wildman–Crippen MR) is 101 cm³/mol. The highest BCUT2D eigenvalue weighted by Crippen LogP contribution is 2.52. The molecule has 1 saturated carbocycles. The highest BCUT2D eigenvalue weighted by Gasteiger charge is 2.60. The molecule has 1 spiro atoms. The number of amides is 1. The highest BCUT2D eigenvalue weighted by atomic mass is 35.5. The first-order valence-electron chi connectivity index (χ1n) is 8.81. The number of hydrogen-bond donors (Lipinski definition) is 0. The van der Waals surface area contributed by atoms with Gasteiger partial charge in [0.2, 0.25) is 11.6 Å². The van der Waals surface area contributed by atoms with Crippen LogP contribution in [0, 0.1) is 5.92 Å². The maximum Gasteiger partial charge on any atom is 0.236 e. The molecule has 0 saturated heterocycles. The fourth-order valence-electron chi connectivity index (χ4n) is 4.42. The van der Waals surface area contributed by atoms with Crippen molar-refractivity contribution in [2.75, 3.05) is 16.8 Å². The summed E-state index contributed by atoms with van der Waals surface area (Å²) in [7, 11) is 1.84. The maximum absolute atomic E-state index is 13.2. The molecule has 1 fully saturated rings. The lowest BCUT2D eigenvalue weighted by Crippen LogP contribution is -2.53. The number of halogens is 1. The molecule has 132 valence electrons. The SMILES string of the molecule is CN1C(=O)C2CCCC23ON=C(c2ccc(Cl)cc2)N3c2ccccc21. The van der Waals surface area contributed by atoms with E-state index in [0.29, 0.717) is 5.02 Å². The molecule has 6 heteroatoms. The van der Waals surface area contributed by atoms with E-state index in [1.54, 1.807) is 4.90 Å². The van der Waals surface area contributed by atoms with Crippen molar-refractivity contribution in [2.45, 2.75) is 25.0 Å². The Kier molecular flexibility index (Phi) is 3.31. The highest BCUT2D eigenvalue weighted by molar-refractivity contribution is 6.30. The van der Waals surface area contributed by atoms with Crippen LogP contribution < -0.4 is 9.80 Å². The molecule has 1 aliphatic carbocycles. The molecule has 2 atom stereocenters. The first-order valence-corrected chi connectivity index (χ1v) is 9.18. The van der Waals surface area contributed by atoms with Crippen LogP contribution in [0.5, 0.6) is 0 Å². The zero-order valence-corrected chi connectivity index (χ0v) is 15.1. The number of nitrogens with zero attached hydrogens (tertiary/aromatic N) is 3. The van der Waals surface area contributed by atoms with Crippen LogP contribution in [0.1, 0.15) is 24.8 Å². The van der Waals surface area contributed by atoms with Gasteiger partial charge in [0.25, 0.3) is 0 Å². The van der Waals surface area contributed by atoms with Gasteiger partial charge in [0.05, 0.1) is 11.4 Å². The standard InChI is InChI=1S/C20H18ClN3O2/c1-23-16-6-2-3-7-17(16)24-18(13-8-10-14(21)11-9-13)22-26-20(24)12-4-5-15(20)19(23)25/h2-3,6-11,15H,4-5,12H2,1H3. The van der Waals surface area contributed by atoms with Crippen LogP contribution in [-0.2, 0) is 9.63 Å². The third kappa shape index (κ3) is 1.98.